The van der Waals surface area contributed by atoms with Crippen LogP contribution in [0.1, 0.15) is 42.5 Å². The van der Waals surface area contributed by atoms with Gasteiger partial charge in [0.05, 0.1) is 17.0 Å². The maximum absolute atomic E-state index is 13.2. The summed E-state index contributed by atoms with van der Waals surface area (Å²) in [6.07, 6.45) is 0.447. The summed E-state index contributed by atoms with van der Waals surface area (Å²) in [5, 5.41) is 16.1. The molecule has 36 heavy (non-hydrogen) atoms. The molecule has 0 spiro atoms. The van der Waals surface area contributed by atoms with E-state index < -0.39 is 5.97 Å². The molecule has 0 atom stereocenters. The topological polar surface area (TPSA) is 81.7 Å². The maximum Gasteiger partial charge on any atom is 0.303 e. The van der Waals surface area contributed by atoms with Gasteiger partial charge in [-0.25, -0.2) is 0 Å². The van der Waals surface area contributed by atoms with E-state index in [2.05, 4.69) is 41.5 Å². The molecule has 3 aromatic carbocycles. The molecule has 0 fully saturated rings. The molecule has 0 unspecified atom stereocenters. The number of anilines is 2. The maximum atomic E-state index is 13.2. The Morgan fingerprint density at radius 3 is 2.44 bits per heavy atom. The van der Waals surface area contributed by atoms with Crippen LogP contribution < -0.4 is 10.6 Å². The summed E-state index contributed by atoms with van der Waals surface area (Å²) in [4.78, 5) is 26.6. The summed E-state index contributed by atoms with van der Waals surface area (Å²) in [6, 6.07) is 21.2. The highest BCUT2D eigenvalue weighted by molar-refractivity contribution is 6.38. The molecule has 0 radical (unpaired) electrons. The normalized spacial score (nSPS) is 13.9. The Morgan fingerprint density at radius 1 is 1.00 bits per heavy atom. The fourth-order valence-electron chi connectivity index (χ4n) is 4.35. The van der Waals surface area contributed by atoms with Gasteiger partial charge in [0, 0.05) is 29.2 Å². The zero-order chi connectivity index (χ0) is 25.7. The van der Waals surface area contributed by atoms with Crippen LogP contribution >= 0.6 is 11.6 Å². The fourth-order valence-corrected chi connectivity index (χ4v) is 4.52. The number of rotatable bonds is 10. The molecule has 1 amide bonds. The molecule has 1 aliphatic rings. The zero-order valence-electron chi connectivity index (χ0n) is 20.5. The second-order valence-corrected chi connectivity index (χ2v) is 9.21. The smallest absolute Gasteiger partial charge is 0.303 e. The highest BCUT2D eigenvalue weighted by atomic mass is 35.5. The van der Waals surface area contributed by atoms with Crippen molar-refractivity contribution in [1.82, 2.24) is 4.90 Å². The Morgan fingerprint density at radius 2 is 1.75 bits per heavy atom. The number of nitrogens with zero attached hydrogens (tertiary/aromatic N) is 1. The van der Waals surface area contributed by atoms with Crippen LogP contribution in [0.2, 0.25) is 5.02 Å². The summed E-state index contributed by atoms with van der Waals surface area (Å²) in [5.74, 6) is -1.06. The van der Waals surface area contributed by atoms with Crippen LogP contribution in [0, 0.1) is 0 Å². The molecular weight excluding hydrogens is 474 g/mol. The molecule has 1 aliphatic heterocycles. The Labute approximate surface area is 216 Å². The zero-order valence-corrected chi connectivity index (χ0v) is 21.2. The van der Waals surface area contributed by atoms with Gasteiger partial charge in [0.15, 0.2) is 0 Å². The van der Waals surface area contributed by atoms with E-state index in [9.17, 15) is 9.59 Å². The molecule has 0 aromatic heterocycles. The van der Waals surface area contributed by atoms with Gasteiger partial charge in [-0.1, -0.05) is 61.8 Å². The molecule has 186 valence electrons. The number of amides is 1. The van der Waals surface area contributed by atoms with Crippen LogP contribution in [0.5, 0.6) is 0 Å². The number of aryl methyl sites for hydroxylation is 1. The van der Waals surface area contributed by atoms with Gasteiger partial charge in [-0.3, -0.25) is 14.5 Å². The van der Waals surface area contributed by atoms with Crippen molar-refractivity contribution in [2.75, 3.05) is 23.7 Å². The van der Waals surface area contributed by atoms with E-state index in [1.807, 2.05) is 42.5 Å². The van der Waals surface area contributed by atoms with Crippen LogP contribution in [-0.2, 0) is 22.6 Å². The second kappa shape index (κ2) is 11.4. The minimum atomic E-state index is -0.845. The number of carbonyl (C=O) groups excluding carboxylic acids is 1. The van der Waals surface area contributed by atoms with Crippen molar-refractivity contribution in [1.29, 1.82) is 0 Å². The molecule has 7 heteroatoms. The van der Waals surface area contributed by atoms with E-state index in [-0.39, 0.29) is 12.3 Å². The molecule has 0 bridgehead atoms. The number of carboxylic acids is 1. The van der Waals surface area contributed by atoms with E-state index in [0.29, 0.717) is 28.4 Å². The van der Waals surface area contributed by atoms with E-state index in [4.69, 9.17) is 16.7 Å². The molecule has 3 N–H and O–H groups in total. The third-order valence-electron chi connectivity index (χ3n) is 6.34. The van der Waals surface area contributed by atoms with Crippen molar-refractivity contribution in [3.63, 3.8) is 0 Å². The van der Waals surface area contributed by atoms with Crippen LogP contribution in [0.3, 0.4) is 0 Å². The van der Waals surface area contributed by atoms with Gasteiger partial charge in [-0.15, -0.1) is 0 Å². The van der Waals surface area contributed by atoms with Gasteiger partial charge in [-0.05, 0) is 66.5 Å². The number of halogens is 1. The summed E-state index contributed by atoms with van der Waals surface area (Å²) in [5.41, 5.74) is 6.36. The van der Waals surface area contributed by atoms with E-state index in [1.165, 1.54) is 5.56 Å². The Balaban J connectivity index is 1.74. The minimum Gasteiger partial charge on any atom is -0.481 e. The lowest BCUT2D eigenvalue weighted by Gasteiger charge is -2.19. The first-order valence-corrected chi connectivity index (χ1v) is 12.5. The summed E-state index contributed by atoms with van der Waals surface area (Å²) >= 11 is 6.16. The Bertz CT molecular complexity index is 1300. The van der Waals surface area contributed by atoms with Crippen molar-refractivity contribution in [3.8, 4) is 0 Å². The third kappa shape index (κ3) is 5.96. The second-order valence-electron chi connectivity index (χ2n) is 8.77. The number of hydrogen-bond donors (Lipinski definition) is 3. The standard InChI is InChI=1S/C29H30ClN3O3/c1-3-33(4-2)18-20-8-12-23(13-9-20)31-28(21-7-5-6-19(16-21)10-15-26(34)35)27-24-14-11-22(30)17-25(24)32-29(27)36/h5-9,11-14,16-17,31H,3-4,10,15,18H2,1-2H3,(H,32,36)(H,34,35)/b28-27-. The van der Waals surface area contributed by atoms with Gasteiger partial charge in [0.25, 0.3) is 5.91 Å². The lowest BCUT2D eigenvalue weighted by molar-refractivity contribution is -0.137. The SMILES string of the molecule is CCN(CC)Cc1ccc(N/C(=C2\C(=O)Nc3cc(Cl)ccc32)c2cccc(CCC(=O)O)c2)cc1. The van der Waals surface area contributed by atoms with Crippen molar-refractivity contribution in [2.45, 2.75) is 33.2 Å². The van der Waals surface area contributed by atoms with Gasteiger partial charge >= 0.3 is 5.97 Å². The highest BCUT2D eigenvalue weighted by Gasteiger charge is 2.28. The van der Waals surface area contributed by atoms with Crippen LogP contribution in [0.15, 0.2) is 66.7 Å². The van der Waals surface area contributed by atoms with E-state index in [1.54, 1.807) is 12.1 Å². The van der Waals surface area contributed by atoms with Crippen molar-refractivity contribution in [3.05, 3.63) is 94.0 Å². The predicted molar refractivity (Wildman–Crippen MR) is 146 cm³/mol. The number of fused-ring (bicyclic) bond motifs is 1. The Kier molecular flexibility index (Phi) is 8.08. The molecular formula is C29H30ClN3O3. The molecule has 0 saturated heterocycles. The number of carbonyl (C=O) groups is 2. The van der Waals surface area contributed by atoms with E-state index in [0.717, 1.165) is 42.0 Å². The first-order chi connectivity index (χ1) is 17.4. The first kappa shape index (κ1) is 25.5. The van der Waals surface area contributed by atoms with Crippen LogP contribution in [-0.4, -0.2) is 35.0 Å². The van der Waals surface area contributed by atoms with Gasteiger partial charge < -0.3 is 15.7 Å². The Hall–Kier alpha value is -3.61. The van der Waals surface area contributed by atoms with Crippen LogP contribution in [0.25, 0.3) is 11.3 Å². The highest BCUT2D eigenvalue weighted by Crippen LogP contribution is 2.39. The number of nitrogens with one attached hydrogen (secondary N) is 2. The molecule has 0 saturated carbocycles. The number of carboxylic acid groups (broad SMARTS) is 1. The molecule has 3 aromatic rings. The van der Waals surface area contributed by atoms with Gasteiger partial charge in [-0.2, -0.15) is 0 Å². The van der Waals surface area contributed by atoms with Crippen molar-refractivity contribution in [2.24, 2.45) is 0 Å². The molecule has 0 aliphatic carbocycles. The number of aliphatic carboxylic acids is 1. The monoisotopic (exact) mass is 503 g/mol. The van der Waals surface area contributed by atoms with Crippen LogP contribution in [0.4, 0.5) is 11.4 Å². The van der Waals surface area contributed by atoms with Gasteiger partial charge in [0.1, 0.15) is 0 Å². The summed E-state index contributed by atoms with van der Waals surface area (Å²) in [7, 11) is 0. The third-order valence-corrected chi connectivity index (χ3v) is 6.58. The number of benzene rings is 3. The summed E-state index contributed by atoms with van der Waals surface area (Å²) in [6.45, 7) is 7.16. The van der Waals surface area contributed by atoms with Crippen molar-refractivity contribution < 1.29 is 14.7 Å². The molecule has 1 heterocycles. The summed E-state index contributed by atoms with van der Waals surface area (Å²) < 4.78 is 0. The van der Waals surface area contributed by atoms with Crippen molar-refractivity contribution >= 4 is 46.1 Å². The average Bonchev–Trinajstić information content (AvgIpc) is 3.20. The average molecular weight is 504 g/mol. The predicted octanol–water partition coefficient (Wildman–Crippen LogP) is 6.13. The minimum absolute atomic E-state index is 0.0403. The van der Waals surface area contributed by atoms with E-state index >= 15 is 0 Å². The molecule has 6 nitrogen and oxygen atoms in total. The van der Waals surface area contributed by atoms with Gasteiger partial charge in [0.2, 0.25) is 0 Å². The lowest BCUT2D eigenvalue weighted by atomic mass is 9.97. The largest absolute Gasteiger partial charge is 0.481 e. The molecule has 4 rings (SSSR count). The first-order valence-electron chi connectivity index (χ1n) is 12.1. The fraction of sp³-hybridized carbons (Fsp3) is 0.241. The lowest BCUT2D eigenvalue weighted by Crippen LogP contribution is -2.22. The number of hydrogen-bond acceptors (Lipinski definition) is 4. The quantitative estimate of drug-likeness (QED) is 0.290.